The van der Waals surface area contributed by atoms with Gasteiger partial charge in [0.25, 0.3) is 0 Å². The van der Waals surface area contributed by atoms with Gasteiger partial charge in [0.1, 0.15) is 11.5 Å². The molecular weight excluding hydrogens is 304 g/mol. The Bertz CT molecular complexity index is 596. The smallest absolute Gasteiger partial charge is 0.119 e. The quantitative estimate of drug-likeness (QED) is 0.760. The summed E-state index contributed by atoms with van der Waals surface area (Å²) < 4.78 is 20.3. The SMILES string of the molecule is CCc1ccc(OC)cc1COC.COCc1cccc(OC)c1. The molecule has 4 nitrogen and oxygen atoms in total. The third-order valence-electron chi connectivity index (χ3n) is 3.54. The molecule has 0 aliphatic heterocycles. The van der Waals surface area contributed by atoms with Gasteiger partial charge in [0.05, 0.1) is 27.4 Å². The molecule has 2 aromatic rings. The molecule has 0 aliphatic rings. The van der Waals surface area contributed by atoms with Crippen molar-refractivity contribution in [2.24, 2.45) is 0 Å². The van der Waals surface area contributed by atoms with E-state index in [1.54, 1.807) is 28.4 Å². The Labute approximate surface area is 145 Å². The highest BCUT2D eigenvalue weighted by Crippen LogP contribution is 2.18. The predicted octanol–water partition coefficient (Wildman–Crippen LogP) is 4.25. The van der Waals surface area contributed by atoms with E-state index in [2.05, 4.69) is 13.0 Å². The average molecular weight is 332 g/mol. The number of hydrogen-bond acceptors (Lipinski definition) is 4. The monoisotopic (exact) mass is 332 g/mol. The molecule has 0 saturated carbocycles. The minimum Gasteiger partial charge on any atom is -0.497 e. The zero-order chi connectivity index (χ0) is 17.8. The van der Waals surface area contributed by atoms with Crippen molar-refractivity contribution in [3.8, 4) is 11.5 Å². The normalized spacial score (nSPS) is 9.88. The third-order valence-corrected chi connectivity index (χ3v) is 3.54. The maximum atomic E-state index is 5.15. The van der Waals surface area contributed by atoms with Crippen LogP contribution in [0.1, 0.15) is 23.6 Å². The van der Waals surface area contributed by atoms with E-state index in [-0.39, 0.29) is 0 Å². The third kappa shape index (κ3) is 6.60. The van der Waals surface area contributed by atoms with Crippen molar-refractivity contribution >= 4 is 0 Å². The largest absolute Gasteiger partial charge is 0.497 e. The van der Waals surface area contributed by atoms with Gasteiger partial charge in [0.2, 0.25) is 0 Å². The first-order chi connectivity index (χ1) is 11.7. The van der Waals surface area contributed by atoms with E-state index in [1.807, 2.05) is 36.4 Å². The molecule has 0 spiro atoms. The van der Waals surface area contributed by atoms with E-state index in [0.717, 1.165) is 23.5 Å². The van der Waals surface area contributed by atoms with Gasteiger partial charge in [-0.3, -0.25) is 0 Å². The molecule has 0 aliphatic carbocycles. The lowest BCUT2D eigenvalue weighted by molar-refractivity contribution is 0.184. The fraction of sp³-hybridized carbons (Fsp3) is 0.400. The number of benzene rings is 2. The van der Waals surface area contributed by atoms with Crippen molar-refractivity contribution in [2.45, 2.75) is 26.6 Å². The van der Waals surface area contributed by atoms with E-state index in [9.17, 15) is 0 Å². The van der Waals surface area contributed by atoms with Gasteiger partial charge in [-0.05, 0) is 47.4 Å². The Balaban J connectivity index is 0.000000243. The minimum absolute atomic E-state index is 0.636. The molecule has 0 heterocycles. The van der Waals surface area contributed by atoms with Gasteiger partial charge in [-0.1, -0.05) is 25.1 Å². The standard InChI is InChI=1S/C11H16O2.C9H12O2/c1-4-9-5-6-11(13-3)7-10(9)8-12-2;1-10-7-8-4-3-5-9(6-8)11-2/h5-7H,4,8H2,1-3H3;3-6H,7H2,1-2H3. The van der Waals surface area contributed by atoms with Crippen molar-refractivity contribution in [2.75, 3.05) is 28.4 Å². The summed E-state index contributed by atoms with van der Waals surface area (Å²) in [6.07, 6.45) is 1.03. The molecule has 0 radical (unpaired) electrons. The van der Waals surface area contributed by atoms with Crippen LogP contribution in [0.25, 0.3) is 0 Å². The summed E-state index contributed by atoms with van der Waals surface area (Å²) >= 11 is 0. The van der Waals surface area contributed by atoms with Crippen LogP contribution in [0, 0.1) is 0 Å². The summed E-state index contributed by atoms with van der Waals surface area (Å²) in [4.78, 5) is 0. The van der Waals surface area contributed by atoms with Crippen LogP contribution in [0.5, 0.6) is 11.5 Å². The van der Waals surface area contributed by atoms with Crippen LogP contribution in [-0.2, 0) is 29.1 Å². The molecule has 0 aromatic heterocycles. The summed E-state index contributed by atoms with van der Waals surface area (Å²) in [6, 6.07) is 13.9. The molecule has 0 bridgehead atoms. The van der Waals surface area contributed by atoms with Gasteiger partial charge in [-0.15, -0.1) is 0 Å². The van der Waals surface area contributed by atoms with Crippen molar-refractivity contribution in [3.05, 3.63) is 59.2 Å². The fourth-order valence-corrected chi connectivity index (χ4v) is 2.29. The Morgan fingerprint density at radius 2 is 1.38 bits per heavy atom. The van der Waals surface area contributed by atoms with Gasteiger partial charge in [-0.25, -0.2) is 0 Å². The molecule has 0 fully saturated rings. The van der Waals surface area contributed by atoms with Crippen LogP contribution >= 0.6 is 0 Å². The van der Waals surface area contributed by atoms with E-state index < -0.39 is 0 Å². The molecule has 0 N–H and O–H groups in total. The lowest BCUT2D eigenvalue weighted by atomic mass is 10.1. The number of methoxy groups -OCH3 is 4. The van der Waals surface area contributed by atoms with Gasteiger partial charge >= 0.3 is 0 Å². The molecular formula is C20H28O4. The summed E-state index contributed by atoms with van der Waals surface area (Å²) in [5.74, 6) is 1.77. The molecule has 2 rings (SSSR count). The van der Waals surface area contributed by atoms with Crippen LogP contribution in [0.15, 0.2) is 42.5 Å². The Morgan fingerprint density at radius 1 is 0.708 bits per heavy atom. The summed E-state index contributed by atoms with van der Waals surface area (Å²) in [7, 11) is 6.72. The van der Waals surface area contributed by atoms with Gasteiger partial charge < -0.3 is 18.9 Å². The Hall–Kier alpha value is -2.04. The number of hydrogen-bond donors (Lipinski definition) is 0. The molecule has 24 heavy (non-hydrogen) atoms. The minimum atomic E-state index is 0.636. The molecule has 0 unspecified atom stereocenters. The molecule has 2 aromatic carbocycles. The van der Waals surface area contributed by atoms with Crippen molar-refractivity contribution in [1.82, 2.24) is 0 Å². The first-order valence-corrected chi connectivity index (χ1v) is 7.95. The summed E-state index contributed by atoms with van der Waals surface area (Å²) in [5, 5.41) is 0. The molecule has 0 atom stereocenters. The van der Waals surface area contributed by atoms with Gasteiger partial charge in [-0.2, -0.15) is 0 Å². The Kier molecular flexibility index (Phi) is 9.58. The van der Waals surface area contributed by atoms with Gasteiger partial charge in [0, 0.05) is 14.2 Å². The Morgan fingerprint density at radius 3 is 1.96 bits per heavy atom. The maximum Gasteiger partial charge on any atom is 0.119 e. The summed E-state index contributed by atoms with van der Waals surface area (Å²) in [5.41, 5.74) is 3.67. The first kappa shape index (κ1) is 20.0. The first-order valence-electron chi connectivity index (χ1n) is 7.95. The predicted molar refractivity (Wildman–Crippen MR) is 96.8 cm³/mol. The topological polar surface area (TPSA) is 36.9 Å². The zero-order valence-corrected chi connectivity index (χ0v) is 15.3. The molecule has 0 amide bonds. The highest BCUT2D eigenvalue weighted by atomic mass is 16.5. The van der Waals surface area contributed by atoms with E-state index in [1.165, 1.54) is 11.1 Å². The second-order valence-electron chi connectivity index (χ2n) is 5.21. The average Bonchev–Trinajstić information content (AvgIpc) is 2.63. The van der Waals surface area contributed by atoms with E-state index >= 15 is 0 Å². The van der Waals surface area contributed by atoms with Crippen LogP contribution in [0.4, 0.5) is 0 Å². The lowest BCUT2D eigenvalue weighted by Crippen LogP contribution is -1.95. The fourth-order valence-electron chi connectivity index (χ4n) is 2.29. The van der Waals surface area contributed by atoms with Gasteiger partial charge in [0.15, 0.2) is 0 Å². The van der Waals surface area contributed by atoms with E-state index in [4.69, 9.17) is 18.9 Å². The lowest BCUT2D eigenvalue weighted by Gasteiger charge is -2.08. The molecule has 0 saturated heterocycles. The second-order valence-corrected chi connectivity index (χ2v) is 5.21. The maximum absolute atomic E-state index is 5.15. The highest BCUT2D eigenvalue weighted by Gasteiger charge is 2.01. The summed E-state index contributed by atoms with van der Waals surface area (Å²) in [6.45, 7) is 3.43. The molecule has 132 valence electrons. The second kappa shape index (κ2) is 11.5. The number of aryl methyl sites for hydroxylation is 1. The zero-order valence-electron chi connectivity index (χ0n) is 15.3. The highest BCUT2D eigenvalue weighted by molar-refractivity contribution is 5.35. The van der Waals surface area contributed by atoms with Crippen molar-refractivity contribution in [1.29, 1.82) is 0 Å². The number of rotatable bonds is 7. The van der Waals surface area contributed by atoms with Crippen molar-refractivity contribution < 1.29 is 18.9 Å². The van der Waals surface area contributed by atoms with Crippen LogP contribution < -0.4 is 9.47 Å². The van der Waals surface area contributed by atoms with Crippen LogP contribution in [0.2, 0.25) is 0 Å². The van der Waals surface area contributed by atoms with E-state index in [0.29, 0.717) is 13.2 Å². The molecule has 4 heteroatoms. The van der Waals surface area contributed by atoms with Crippen LogP contribution in [0.3, 0.4) is 0 Å². The number of ether oxygens (including phenoxy) is 4. The van der Waals surface area contributed by atoms with Crippen molar-refractivity contribution in [3.63, 3.8) is 0 Å². The van der Waals surface area contributed by atoms with Crippen LogP contribution in [-0.4, -0.2) is 28.4 Å².